The molecule has 182 valence electrons. The van der Waals surface area contributed by atoms with Crippen LogP contribution in [0.3, 0.4) is 0 Å². The molecule has 9 nitrogen and oxygen atoms in total. The Hall–Kier alpha value is -2.87. The van der Waals surface area contributed by atoms with Gasteiger partial charge in [-0.2, -0.15) is 9.97 Å². The first-order chi connectivity index (χ1) is 16.1. The van der Waals surface area contributed by atoms with E-state index in [-0.39, 0.29) is 0 Å². The Morgan fingerprint density at radius 2 is 1.74 bits per heavy atom. The van der Waals surface area contributed by atoms with Crippen LogP contribution in [0, 0.1) is 0 Å². The van der Waals surface area contributed by atoms with Crippen molar-refractivity contribution < 1.29 is 9.30 Å². The van der Waals surface area contributed by atoms with Gasteiger partial charge in [0.1, 0.15) is 23.7 Å². The predicted octanol–water partition coefficient (Wildman–Crippen LogP) is 4.27. The normalized spacial score (nSPS) is 11.4. The molecule has 0 amide bonds. The second kappa shape index (κ2) is 11.0. The Kier molecular flexibility index (Phi) is 8.36. The number of nitrogens with zero attached hydrogens (tertiary/aromatic N) is 5. The monoisotopic (exact) mass is 503 g/mol. The molecule has 0 saturated carbocycles. The van der Waals surface area contributed by atoms with Gasteiger partial charge in [0.2, 0.25) is 11.8 Å². The van der Waals surface area contributed by atoms with E-state index in [0.717, 1.165) is 24.2 Å². The maximum absolute atomic E-state index is 12.7. The van der Waals surface area contributed by atoms with Crippen LogP contribution in [0.25, 0.3) is 0 Å². The molecule has 0 atom stereocenters. The van der Waals surface area contributed by atoms with Gasteiger partial charge in [-0.15, -0.1) is 0 Å². The lowest BCUT2D eigenvalue weighted by Gasteiger charge is -2.21. The van der Waals surface area contributed by atoms with E-state index in [9.17, 15) is 4.57 Å². The number of methoxy groups -OCH3 is 1. The third kappa shape index (κ3) is 6.59. The Balaban J connectivity index is 1.84. The maximum atomic E-state index is 12.7. The van der Waals surface area contributed by atoms with Gasteiger partial charge in [-0.1, -0.05) is 23.7 Å². The summed E-state index contributed by atoms with van der Waals surface area (Å²) in [6, 6.07) is 11.2. The number of halogens is 1. The number of hydrogen-bond acceptors (Lipinski definition) is 9. The van der Waals surface area contributed by atoms with Crippen molar-refractivity contribution in [3.05, 3.63) is 47.6 Å². The highest BCUT2D eigenvalue weighted by molar-refractivity contribution is 7.70. The molecule has 0 aliphatic rings. The molecular formula is C23H31ClN7O2P. The van der Waals surface area contributed by atoms with E-state index in [1.54, 1.807) is 20.4 Å². The van der Waals surface area contributed by atoms with E-state index in [0.29, 0.717) is 34.0 Å². The molecular weight excluding hydrogens is 473 g/mol. The Labute approximate surface area is 205 Å². The summed E-state index contributed by atoms with van der Waals surface area (Å²) in [5, 5.41) is 7.40. The molecule has 2 N–H and O–H groups in total. The molecule has 0 unspecified atom stereocenters. The van der Waals surface area contributed by atoms with Crippen LogP contribution in [0.5, 0.6) is 5.88 Å². The van der Waals surface area contributed by atoms with Crippen molar-refractivity contribution in [2.24, 2.45) is 0 Å². The molecule has 3 rings (SSSR count). The van der Waals surface area contributed by atoms with Gasteiger partial charge in [0.15, 0.2) is 5.82 Å². The highest BCUT2D eigenvalue weighted by atomic mass is 35.5. The Morgan fingerprint density at radius 3 is 2.41 bits per heavy atom. The molecule has 0 fully saturated rings. The standard InChI is InChI=1S/C23H31ClN7O2P/c1-30(2)13-14-31(3)20-12-11-18(22(28-20)33-4)27-23-25-15-16(24)21(29-23)26-17-9-7-8-10-19(17)34(5,6)32/h7-12,15H,13-14H2,1-6H3,(H2,25,26,27,29). The number of benzene rings is 1. The largest absolute Gasteiger partial charge is 0.479 e. The highest BCUT2D eigenvalue weighted by Crippen LogP contribution is 2.38. The van der Waals surface area contributed by atoms with E-state index in [2.05, 4.69) is 35.4 Å². The highest BCUT2D eigenvalue weighted by Gasteiger charge is 2.17. The number of hydrogen-bond donors (Lipinski definition) is 2. The number of anilines is 5. The minimum atomic E-state index is -2.50. The molecule has 0 radical (unpaired) electrons. The van der Waals surface area contributed by atoms with E-state index in [1.807, 2.05) is 57.5 Å². The number of nitrogens with one attached hydrogen (secondary N) is 2. The summed E-state index contributed by atoms with van der Waals surface area (Å²) in [5.41, 5.74) is 1.30. The number of likely N-dealkylation sites (N-methyl/N-ethyl adjacent to an activating group) is 2. The molecule has 0 aliphatic carbocycles. The van der Waals surface area contributed by atoms with Gasteiger partial charge >= 0.3 is 0 Å². The fourth-order valence-corrected chi connectivity index (χ4v) is 4.46. The number of aromatic nitrogens is 3. The molecule has 3 aromatic rings. The average Bonchev–Trinajstić information content (AvgIpc) is 2.79. The zero-order valence-electron chi connectivity index (χ0n) is 20.3. The summed E-state index contributed by atoms with van der Waals surface area (Å²) in [7, 11) is 5.12. The fourth-order valence-electron chi connectivity index (χ4n) is 3.17. The molecule has 0 saturated heterocycles. The fraction of sp³-hybridized carbons (Fsp3) is 0.348. The SMILES string of the molecule is COc1nc(N(C)CCN(C)C)ccc1Nc1ncc(Cl)c(Nc2ccccc2P(C)(C)=O)n1. The first-order valence-electron chi connectivity index (χ1n) is 10.7. The molecule has 1 aromatic carbocycles. The second-order valence-electron chi connectivity index (χ2n) is 8.46. The van der Waals surface area contributed by atoms with Crippen molar-refractivity contribution in [3.8, 4) is 5.88 Å². The van der Waals surface area contributed by atoms with Crippen molar-refractivity contribution in [3.63, 3.8) is 0 Å². The van der Waals surface area contributed by atoms with E-state index < -0.39 is 7.14 Å². The molecule has 0 spiro atoms. The molecule has 0 aliphatic heterocycles. The molecule has 2 heterocycles. The third-order valence-electron chi connectivity index (χ3n) is 5.04. The van der Waals surface area contributed by atoms with Crippen molar-refractivity contribution in [1.82, 2.24) is 19.9 Å². The van der Waals surface area contributed by atoms with Crippen LogP contribution in [0.2, 0.25) is 5.02 Å². The molecule has 2 aromatic heterocycles. The maximum Gasteiger partial charge on any atom is 0.239 e. The molecule has 11 heteroatoms. The van der Waals surface area contributed by atoms with Crippen molar-refractivity contribution >= 4 is 53.0 Å². The summed E-state index contributed by atoms with van der Waals surface area (Å²) in [5.74, 6) is 1.93. The quantitative estimate of drug-likeness (QED) is 0.393. The van der Waals surface area contributed by atoms with Crippen LogP contribution >= 0.6 is 18.7 Å². The van der Waals surface area contributed by atoms with Crippen LogP contribution < -0.4 is 25.6 Å². The molecule has 0 bridgehead atoms. The van der Waals surface area contributed by atoms with E-state index in [4.69, 9.17) is 16.3 Å². The first-order valence-corrected chi connectivity index (χ1v) is 13.7. The van der Waals surface area contributed by atoms with Crippen LogP contribution in [-0.4, -0.2) is 74.5 Å². The zero-order chi connectivity index (χ0) is 24.9. The van der Waals surface area contributed by atoms with Crippen molar-refractivity contribution in [2.45, 2.75) is 0 Å². The van der Waals surface area contributed by atoms with Gasteiger partial charge in [-0.25, -0.2) is 4.98 Å². The topological polar surface area (TPSA) is 95.5 Å². The number of ether oxygens (including phenoxy) is 1. The lowest BCUT2D eigenvalue weighted by atomic mass is 10.3. The minimum absolute atomic E-state index is 0.314. The Bertz CT molecular complexity index is 1190. The second-order valence-corrected chi connectivity index (χ2v) is 12.1. The van der Waals surface area contributed by atoms with Gasteiger partial charge < -0.3 is 29.7 Å². The Morgan fingerprint density at radius 1 is 1.00 bits per heavy atom. The number of rotatable bonds is 10. The molecule has 34 heavy (non-hydrogen) atoms. The average molecular weight is 504 g/mol. The minimum Gasteiger partial charge on any atom is -0.479 e. The van der Waals surface area contributed by atoms with E-state index >= 15 is 0 Å². The number of para-hydroxylation sites is 1. The van der Waals surface area contributed by atoms with Gasteiger partial charge in [-0.3, -0.25) is 0 Å². The van der Waals surface area contributed by atoms with Gasteiger partial charge in [-0.05, 0) is 51.7 Å². The van der Waals surface area contributed by atoms with Crippen LogP contribution in [0.15, 0.2) is 42.6 Å². The predicted molar refractivity (Wildman–Crippen MR) is 142 cm³/mol. The summed E-state index contributed by atoms with van der Waals surface area (Å²) in [6.07, 6.45) is 1.50. The summed E-state index contributed by atoms with van der Waals surface area (Å²) in [4.78, 5) is 17.6. The smallest absolute Gasteiger partial charge is 0.239 e. The number of pyridine rings is 1. The summed E-state index contributed by atoms with van der Waals surface area (Å²) < 4.78 is 18.2. The summed E-state index contributed by atoms with van der Waals surface area (Å²) >= 11 is 6.35. The zero-order valence-corrected chi connectivity index (χ0v) is 22.0. The van der Waals surface area contributed by atoms with Gasteiger partial charge in [0.25, 0.3) is 0 Å². The van der Waals surface area contributed by atoms with Crippen LogP contribution in [0.4, 0.5) is 29.0 Å². The van der Waals surface area contributed by atoms with Crippen molar-refractivity contribution in [1.29, 1.82) is 0 Å². The third-order valence-corrected chi connectivity index (χ3v) is 6.87. The van der Waals surface area contributed by atoms with E-state index in [1.165, 1.54) is 6.20 Å². The summed E-state index contributed by atoms with van der Waals surface area (Å²) in [6.45, 7) is 5.19. The van der Waals surface area contributed by atoms with Gasteiger partial charge in [0, 0.05) is 25.4 Å². The van der Waals surface area contributed by atoms with Gasteiger partial charge in [0.05, 0.1) is 19.0 Å². The first kappa shape index (κ1) is 25.7. The van der Waals surface area contributed by atoms with Crippen molar-refractivity contribution in [2.75, 3.05) is 70.2 Å². The van der Waals surface area contributed by atoms with Crippen LogP contribution in [0.1, 0.15) is 0 Å². The lowest BCUT2D eigenvalue weighted by Crippen LogP contribution is -2.29. The lowest BCUT2D eigenvalue weighted by molar-refractivity contribution is 0.398. The van der Waals surface area contributed by atoms with Crippen LogP contribution in [-0.2, 0) is 4.57 Å².